The highest BCUT2D eigenvalue weighted by Crippen LogP contribution is 2.27. The van der Waals surface area contributed by atoms with Crippen LogP contribution in [0.25, 0.3) is 0 Å². The number of fused-ring (bicyclic) bond motifs is 1. The number of carbonyl (C=O) groups excluding carboxylic acids is 2. The van der Waals surface area contributed by atoms with Crippen LogP contribution in [0.1, 0.15) is 59.2 Å². The molecule has 0 radical (unpaired) electrons. The Morgan fingerprint density at radius 3 is 2.80 bits per heavy atom. The van der Waals surface area contributed by atoms with Gasteiger partial charge in [0, 0.05) is 30.0 Å². The summed E-state index contributed by atoms with van der Waals surface area (Å²) in [5.41, 5.74) is 2.84. The van der Waals surface area contributed by atoms with Crippen LogP contribution < -0.4 is 5.56 Å². The first-order valence-corrected chi connectivity index (χ1v) is 11.0. The zero-order valence-corrected chi connectivity index (χ0v) is 18.3. The molecule has 2 aromatic rings. The molecule has 0 unspecified atom stereocenters. The van der Waals surface area contributed by atoms with Crippen LogP contribution in [-0.2, 0) is 39.4 Å². The van der Waals surface area contributed by atoms with Crippen LogP contribution in [0.15, 0.2) is 9.95 Å². The molecule has 1 aliphatic rings. The summed E-state index contributed by atoms with van der Waals surface area (Å²) in [7, 11) is 1.36. The Morgan fingerprint density at radius 2 is 2.10 bits per heavy atom. The van der Waals surface area contributed by atoms with Gasteiger partial charge in [-0.3, -0.25) is 14.3 Å². The molecule has 0 saturated carbocycles. The first-order chi connectivity index (χ1) is 14.4. The average molecular weight is 435 g/mol. The van der Waals surface area contributed by atoms with Gasteiger partial charge >= 0.3 is 11.9 Å². The maximum atomic E-state index is 12.5. The van der Waals surface area contributed by atoms with Crippen molar-refractivity contribution in [3.8, 4) is 0 Å². The van der Waals surface area contributed by atoms with E-state index in [4.69, 9.17) is 9.47 Å². The Balaban J connectivity index is 1.75. The normalized spacial score (nSPS) is 13.0. The molecule has 0 bridgehead atoms. The number of H-pyrrole nitrogens is 1. The molecule has 3 rings (SSSR count). The highest BCUT2D eigenvalue weighted by molar-refractivity contribution is 7.98. The maximum absolute atomic E-state index is 12.5. The van der Waals surface area contributed by atoms with Gasteiger partial charge < -0.3 is 14.5 Å². The first kappa shape index (κ1) is 22.1. The number of aromatic amines is 1. The summed E-state index contributed by atoms with van der Waals surface area (Å²) in [6.07, 6.45) is 3.26. The van der Waals surface area contributed by atoms with Crippen molar-refractivity contribution in [2.24, 2.45) is 0 Å². The zero-order valence-electron chi connectivity index (χ0n) is 17.4. The van der Waals surface area contributed by atoms with Crippen molar-refractivity contribution >= 4 is 23.7 Å². The van der Waals surface area contributed by atoms with E-state index in [-0.39, 0.29) is 30.3 Å². The lowest BCUT2D eigenvalue weighted by Crippen LogP contribution is -2.19. The van der Waals surface area contributed by atoms with E-state index in [9.17, 15) is 14.4 Å². The fraction of sp³-hybridized carbons (Fsp3) is 0.550. The number of nitrogens with one attached hydrogen (secondary N) is 1. The lowest BCUT2D eigenvalue weighted by molar-refractivity contribution is -0.143. The predicted octanol–water partition coefficient (Wildman–Crippen LogP) is 2.19. The van der Waals surface area contributed by atoms with Crippen LogP contribution in [0, 0.1) is 6.92 Å². The van der Waals surface area contributed by atoms with Crippen molar-refractivity contribution in [2.45, 2.75) is 63.4 Å². The van der Waals surface area contributed by atoms with Gasteiger partial charge in [0.2, 0.25) is 0 Å². The fourth-order valence-electron chi connectivity index (χ4n) is 3.53. The lowest BCUT2D eigenvalue weighted by Gasteiger charge is -2.13. The summed E-state index contributed by atoms with van der Waals surface area (Å²) in [6.45, 7) is 4.58. The minimum absolute atomic E-state index is 0.134. The third-order valence-corrected chi connectivity index (χ3v) is 5.87. The second-order valence-corrected chi connectivity index (χ2v) is 7.93. The van der Waals surface area contributed by atoms with E-state index in [2.05, 4.69) is 15.1 Å². The lowest BCUT2D eigenvalue weighted by atomic mass is 10.1. The molecule has 1 N–H and O–H groups in total. The SMILES string of the molecule is CCOC(=O)CCc1c(C)nc(SCc2nn3c(c2C(=O)OC)CCCC3)[nH]c1=O. The number of nitrogens with zero attached hydrogens (tertiary/aromatic N) is 3. The predicted molar refractivity (Wildman–Crippen MR) is 111 cm³/mol. The van der Waals surface area contributed by atoms with E-state index >= 15 is 0 Å². The molecule has 0 aliphatic carbocycles. The first-order valence-electron chi connectivity index (χ1n) is 9.99. The van der Waals surface area contributed by atoms with Crippen molar-refractivity contribution in [3.63, 3.8) is 0 Å². The van der Waals surface area contributed by atoms with E-state index in [0.29, 0.717) is 40.0 Å². The van der Waals surface area contributed by atoms with Crippen LogP contribution in [0.3, 0.4) is 0 Å². The van der Waals surface area contributed by atoms with Gasteiger partial charge in [-0.25, -0.2) is 9.78 Å². The number of hydrogen-bond donors (Lipinski definition) is 1. The average Bonchev–Trinajstić information content (AvgIpc) is 3.09. The second kappa shape index (κ2) is 9.92. The molecule has 0 saturated heterocycles. The Bertz CT molecular complexity index is 998. The van der Waals surface area contributed by atoms with Gasteiger partial charge in [-0.15, -0.1) is 0 Å². The highest BCUT2D eigenvalue weighted by atomic mass is 32.2. The fourth-order valence-corrected chi connectivity index (χ4v) is 4.37. The quantitative estimate of drug-likeness (QED) is 0.382. The van der Waals surface area contributed by atoms with Gasteiger partial charge in [0.05, 0.1) is 25.1 Å². The number of hydrogen-bond acceptors (Lipinski definition) is 8. The van der Waals surface area contributed by atoms with Crippen LogP contribution in [0.4, 0.5) is 0 Å². The molecule has 0 spiro atoms. The molecule has 0 fully saturated rings. The van der Waals surface area contributed by atoms with Gasteiger partial charge in [0.25, 0.3) is 5.56 Å². The van der Waals surface area contributed by atoms with Crippen LogP contribution >= 0.6 is 11.8 Å². The summed E-state index contributed by atoms with van der Waals surface area (Å²) in [5, 5.41) is 5.03. The van der Waals surface area contributed by atoms with Crippen molar-refractivity contribution in [3.05, 3.63) is 38.6 Å². The number of aryl methyl sites for hydroxylation is 2. The molecule has 3 heterocycles. The maximum Gasteiger partial charge on any atom is 0.341 e. The summed E-state index contributed by atoms with van der Waals surface area (Å²) in [4.78, 5) is 43.5. The molecule has 9 nitrogen and oxygen atoms in total. The Morgan fingerprint density at radius 1 is 1.30 bits per heavy atom. The molecule has 0 aromatic carbocycles. The van der Waals surface area contributed by atoms with Crippen LogP contribution in [-0.4, -0.2) is 45.4 Å². The minimum atomic E-state index is -0.388. The second-order valence-electron chi connectivity index (χ2n) is 6.97. The largest absolute Gasteiger partial charge is 0.466 e. The number of thioether (sulfide) groups is 1. The van der Waals surface area contributed by atoms with Crippen molar-refractivity contribution in [1.82, 2.24) is 19.7 Å². The van der Waals surface area contributed by atoms with Gasteiger partial charge in [0.1, 0.15) is 5.56 Å². The summed E-state index contributed by atoms with van der Waals surface area (Å²) < 4.78 is 11.7. The van der Waals surface area contributed by atoms with Crippen LogP contribution in [0.5, 0.6) is 0 Å². The van der Waals surface area contributed by atoms with Gasteiger partial charge in [-0.1, -0.05) is 11.8 Å². The summed E-state index contributed by atoms with van der Waals surface area (Å²) >= 11 is 1.31. The summed E-state index contributed by atoms with van der Waals surface area (Å²) in [6, 6.07) is 0. The van der Waals surface area contributed by atoms with Gasteiger partial charge in [-0.05, 0) is 39.5 Å². The third-order valence-electron chi connectivity index (χ3n) is 4.98. The standard InChI is InChI=1S/C20H26N4O5S/c1-4-29-16(25)9-8-13-12(2)21-20(22-18(13)26)30-11-14-17(19(27)28-3)15-7-5-6-10-24(15)23-14/h4-11H2,1-3H3,(H,21,22,26). The van der Waals surface area contributed by atoms with Crippen LogP contribution in [0.2, 0.25) is 0 Å². The van der Waals surface area contributed by atoms with Gasteiger partial charge in [-0.2, -0.15) is 5.10 Å². The van der Waals surface area contributed by atoms with Crippen molar-refractivity contribution in [1.29, 1.82) is 0 Å². The molecular weight excluding hydrogens is 408 g/mol. The van der Waals surface area contributed by atoms with E-state index in [1.165, 1.54) is 18.9 Å². The molecule has 0 atom stereocenters. The van der Waals surface area contributed by atoms with Gasteiger partial charge in [0.15, 0.2) is 5.16 Å². The molecule has 10 heteroatoms. The highest BCUT2D eigenvalue weighted by Gasteiger charge is 2.26. The number of rotatable bonds is 8. The van der Waals surface area contributed by atoms with E-state index < -0.39 is 0 Å². The molecule has 2 aromatic heterocycles. The van der Waals surface area contributed by atoms with E-state index in [1.807, 2.05) is 4.68 Å². The number of carbonyl (C=O) groups is 2. The summed E-state index contributed by atoms with van der Waals surface area (Å²) in [5.74, 6) is -0.343. The van der Waals surface area contributed by atoms with E-state index in [0.717, 1.165) is 31.5 Å². The van der Waals surface area contributed by atoms with Crippen molar-refractivity contribution < 1.29 is 19.1 Å². The number of aromatic nitrogens is 4. The molecule has 0 amide bonds. The number of esters is 2. The Hall–Kier alpha value is -2.62. The monoisotopic (exact) mass is 434 g/mol. The topological polar surface area (TPSA) is 116 Å². The Kier molecular flexibility index (Phi) is 7.30. The number of methoxy groups -OCH3 is 1. The smallest absolute Gasteiger partial charge is 0.341 e. The zero-order chi connectivity index (χ0) is 21.7. The Labute approximate surface area is 178 Å². The molecule has 30 heavy (non-hydrogen) atoms. The molecular formula is C20H26N4O5S. The number of ether oxygens (including phenoxy) is 2. The minimum Gasteiger partial charge on any atom is -0.466 e. The molecule has 162 valence electrons. The molecule has 1 aliphatic heterocycles. The van der Waals surface area contributed by atoms with E-state index in [1.54, 1.807) is 13.8 Å². The van der Waals surface area contributed by atoms with Crippen molar-refractivity contribution in [2.75, 3.05) is 13.7 Å². The third kappa shape index (κ3) is 4.92.